The Balaban J connectivity index is 1.87. The molecular formula is C14H17N3O4. The van der Waals surface area contributed by atoms with E-state index in [1.54, 1.807) is 6.07 Å². The summed E-state index contributed by atoms with van der Waals surface area (Å²) in [7, 11) is 0. The van der Waals surface area contributed by atoms with E-state index in [1.165, 1.54) is 12.1 Å². The Kier molecular flexibility index (Phi) is 3.85. The Morgan fingerprint density at radius 2 is 2.10 bits per heavy atom. The van der Waals surface area contributed by atoms with Gasteiger partial charge in [-0.3, -0.25) is 20.2 Å². The van der Waals surface area contributed by atoms with Crippen LogP contribution in [0, 0.1) is 10.1 Å². The fourth-order valence-electron chi connectivity index (χ4n) is 2.98. The predicted molar refractivity (Wildman–Crippen MR) is 74.5 cm³/mol. The zero-order valence-corrected chi connectivity index (χ0v) is 11.5. The lowest BCUT2D eigenvalue weighted by molar-refractivity contribution is -0.385. The minimum atomic E-state index is -0.418. The average molecular weight is 291 g/mol. The summed E-state index contributed by atoms with van der Waals surface area (Å²) < 4.78 is 5.34. The van der Waals surface area contributed by atoms with Crippen LogP contribution >= 0.6 is 0 Å². The summed E-state index contributed by atoms with van der Waals surface area (Å²) in [6, 6.07) is 6.59. The summed E-state index contributed by atoms with van der Waals surface area (Å²) in [4.78, 5) is 24.5. The molecule has 0 aliphatic carbocycles. The van der Waals surface area contributed by atoms with E-state index in [2.05, 4.69) is 5.32 Å². The van der Waals surface area contributed by atoms with E-state index in [0.717, 1.165) is 18.4 Å². The van der Waals surface area contributed by atoms with Gasteiger partial charge in [-0.25, -0.2) is 0 Å². The maximum absolute atomic E-state index is 12.2. The number of rotatable bonds is 3. The molecule has 0 spiro atoms. The molecule has 2 aliphatic heterocycles. The van der Waals surface area contributed by atoms with E-state index in [4.69, 9.17) is 4.74 Å². The minimum Gasteiger partial charge on any atom is -0.381 e. The maximum Gasteiger partial charge on any atom is 0.269 e. The molecular weight excluding hydrogens is 274 g/mol. The van der Waals surface area contributed by atoms with E-state index < -0.39 is 4.92 Å². The van der Waals surface area contributed by atoms with Crippen molar-refractivity contribution in [2.45, 2.75) is 25.0 Å². The summed E-state index contributed by atoms with van der Waals surface area (Å²) in [5.74, 6) is 0.0402. The van der Waals surface area contributed by atoms with Crippen molar-refractivity contribution in [3.8, 4) is 0 Å². The molecule has 1 amide bonds. The Hall–Kier alpha value is -1.99. The van der Waals surface area contributed by atoms with Gasteiger partial charge in [-0.15, -0.1) is 0 Å². The van der Waals surface area contributed by atoms with Gasteiger partial charge in [0.05, 0.1) is 11.5 Å². The highest BCUT2D eigenvalue weighted by molar-refractivity contribution is 5.81. The molecule has 3 rings (SSSR count). The summed E-state index contributed by atoms with van der Waals surface area (Å²) in [5.41, 5.74) is 0.794. The molecule has 7 heteroatoms. The Morgan fingerprint density at radius 3 is 2.81 bits per heavy atom. The molecule has 2 aliphatic rings. The van der Waals surface area contributed by atoms with Crippen LogP contribution in [0.5, 0.6) is 0 Å². The van der Waals surface area contributed by atoms with Crippen molar-refractivity contribution in [3.63, 3.8) is 0 Å². The zero-order chi connectivity index (χ0) is 14.8. The number of ether oxygens (including phenoxy) is 1. The molecule has 2 saturated heterocycles. The van der Waals surface area contributed by atoms with Crippen molar-refractivity contribution < 1.29 is 14.5 Å². The predicted octanol–water partition coefficient (Wildman–Crippen LogP) is 1.20. The molecule has 2 fully saturated rings. The Morgan fingerprint density at radius 1 is 1.33 bits per heavy atom. The molecule has 2 heterocycles. The van der Waals surface area contributed by atoms with Gasteiger partial charge in [0.15, 0.2) is 0 Å². The normalized spacial score (nSPS) is 23.5. The number of nitrogens with one attached hydrogen (secondary N) is 1. The number of nitro benzene ring substituents is 1. The SMILES string of the molecule is O=C1CNC(c2cccc([N+](=O)[O-])c2)N1C1CCOCC1. The lowest BCUT2D eigenvalue weighted by Gasteiger charge is -2.35. The average Bonchev–Trinajstić information content (AvgIpc) is 2.90. The number of carbonyl (C=O) groups excluding carboxylic acids is 1. The summed E-state index contributed by atoms with van der Waals surface area (Å²) >= 11 is 0. The molecule has 112 valence electrons. The molecule has 1 atom stereocenters. The molecule has 0 saturated carbocycles. The maximum atomic E-state index is 12.2. The second kappa shape index (κ2) is 5.79. The number of amides is 1. The number of nitrogens with zero attached hydrogens (tertiary/aromatic N) is 2. The molecule has 21 heavy (non-hydrogen) atoms. The van der Waals surface area contributed by atoms with Gasteiger partial charge in [-0.2, -0.15) is 0 Å². The minimum absolute atomic E-state index is 0.0402. The number of benzene rings is 1. The fraction of sp³-hybridized carbons (Fsp3) is 0.500. The second-order valence-electron chi connectivity index (χ2n) is 5.28. The Labute approximate surface area is 122 Å². The van der Waals surface area contributed by atoms with Crippen LogP contribution in [0.25, 0.3) is 0 Å². The van der Waals surface area contributed by atoms with Crippen molar-refractivity contribution in [2.75, 3.05) is 19.8 Å². The third kappa shape index (κ3) is 2.74. The molecule has 1 aromatic carbocycles. The van der Waals surface area contributed by atoms with Crippen LogP contribution in [0.15, 0.2) is 24.3 Å². The van der Waals surface area contributed by atoms with E-state index in [1.807, 2.05) is 11.0 Å². The van der Waals surface area contributed by atoms with Gasteiger partial charge >= 0.3 is 0 Å². The van der Waals surface area contributed by atoms with Crippen LogP contribution in [-0.2, 0) is 9.53 Å². The largest absolute Gasteiger partial charge is 0.381 e. The van der Waals surface area contributed by atoms with Gasteiger partial charge in [-0.1, -0.05) is 12.1 Å². The van der Waals surface area contributed by atoms with E-state index in [-0.39, 0.29) is 30.3 Å². The first-order valence-corrected chi connectivity index (χ1v) is 7.03. The summed E-state index contributed by atoms with van der Waals surface area (Å²) in [6.45, 7) is 1.57. The van der Waals surface area contributed by atoms with Crippen molar-refractivity contribution >= 4 is 11.6 Å². The quantitative estimate of drug-likeness (QED) is 0.668. The number of carbonyl (C=O) groups is 1. The van der Waals surface area contributed by atoms with E-state index in [9.17, 15) is 14.9 Å². The van der Waals surface area contributed by atoms with Gasteiger partial charge in [0.2, 0.25) is 5.91 Å². The zero-order valence-electron chi connectivity index (χ0n) is 11.5. The van der Waals surface area contributed by atoms with Crippen molar-refractivity contribution in [1.29, 1.82) is 0 Å². The molecule has 1 N–H and O–H groups in total. The summed E-state index contributed by atoms with van der Waals surface area (Å²) in [6.07, 6.45) is 1.32. The first-order chi connectivity index (χ1) is 10.2. The van der Waals surface area contributed by atoms with Crippen LogP contribution in [0.4, 0.5) is 5.69 Å². The molecule has 0 radical (unpaired) electrons. The highest BCUT2D eigenvalue weighted by Crippen LogP contribution is 2.30. The van der Waals surface area contributed by atoms with Gasteiger partial charge in [0, 0.05) is 31.4 Å². The van der Waals surface area contributed by atoms with Crippen molar-refractivity contribution in [2.24, 2.45) is 0 Å². The molecule has 1 aromatic rings. The van der Waals surface area contributed by atoms with Gasteiger partial charge < -0.3 is 9.64 Å². The smallest absolute Gasteiger partial charge is 0.269 e. The van der Waals surface area contributed by atoms with Crippen molar-refractivity contribution in [3.05, 3.63) is 39.9 Å². The van der Waals surface area contributed by atoms with Crippen LogP contribution in [-0.4, -0.2) is 41.5 Å². The first kappa shape index (κ1) is 14.0. The standard InChI is InChI=1S/C14H17N3O4/c18-13-9-15-14(16(13)11-4-6-21-7-5-11)10-2-1-3-12(8-10)17(19)20/h1-3,8,11,14-15H,4-7,9H2. The van der Waals surface area contributed by atoms with Crippen LogP contribution in [0.2, 0.25) is 0 Å². The van der Waals surface area contributed by atoms with Crippen LogP contribution in [0.3, 0.4) is 0 Å². The molecule has 7 nitrogen and oxygen atoms in total. The fourth-order valence-corrected chi connectivity index (χ4v) is 2.98. The van der Waals surface area contributed by atoms with E-state index >= 15 is 0 Å². The lowest BCUT2D eigenvalue weighted by Crippen LogP contribution is -2.42. The number of non-ortho nitro benzene ring substituents is 1. The lowest BCUT2D eigenvalue weighted by atomic mass is 10.0. The van der Waals surface area contributed by atoms with Crippen LogP contribution < -0.4 is 5.32 Å². The van der Waals surface area contributed by atoms with Gasteiger partial charge in [0.25, 0.3) is 5.69 Å². The summed E-state index contributed by atoms with van der Waals surface area (Å²) in [5, 5.41) is 14.1. The third-order valence-electron chi connectivity index (χ3n) is 3.99. The van der Waals surface area contributed by atoms with Gasteiger partial charge in [0.1, 0.15) is 6.17 Å². The Bertz CT molecular complexity index is 557. The number of hydrogen-bond acceptors (Lipinski definition) is 5. The number of nitro groups is 1. The van der Waals surface area contributed by atoms with Gasteiger partial charge in [-0.05, 0) is 18.4 Å². The highest BCUT2D eigenvalue weighted by Gasteiger charge is 2.37. The monoisotopic (exact) mass is 291 g/mol. The molecule has 0 bridgehead atoms. The number of hydrogen-bond donors (Lipinski definition) is 1. The molecule has 1 unspecified atom stereocenters. The second-order valence-corrected chi connectivity index (χ2v) is 5.28. The van der Waals surface area contributed by atoms with E-state index in [0.29, 0.717) is 13.2 Å². The molecule has 0 aromatic heterocycles. The van der Waals surface area contributed by atoms with Crippen molar-refractivity contribution in [1.82, 2.24) is 10.2 Å². The highest BCUT2D eigenvalue weighted by atomic mass is 16.6. The topological polar surface area (TPSA) is 84.7 Å². The first-order valence-electron chi connectivity index (χ1n) is 7.03. The third-order valence-corrected chi connectivity index (χ3v) is 3.99. The van der Waals surface area contributed by atoms with Crippen LogP contribution in [0.1, 0.15) is 24.6 Å².